The summed E-state index contributed by atoms with van der Waals surface area (Å²) in [7, 11) is 0. The Morgan fingerprint density at radius 2 is 2.15 bits per heavy atom. The maximum atomic E-state index is 8.73. The quantitative estimate of drug-likeness (QED) is 0.715. The Kier molecular flexibility index (Phi) is 2.19. The molecule has 0 atom stereocenters. The molecule has 0 saturated heterocycles. The fraction of sp³-hybridized carbons (Fsp3) is 0.200. The molecule has 0 unspecified atom stereocenters. The van der Waals surface area contributed by atoms with Crippen molar-refractivity contribution in [2.45, 2.75) is 6.42 Å². The SMILES string of the molecule is OCCC1=Cc2ccccc2ON1. The third-order valence-electron chi connectivity index (χ3n) is 1.92. The number of hydrogen-bond acceptors (Lipinski definition) is 3. The third kappa shape index (κ3) is 1.65. The molecule has 2 N–H and O–H groups in total. The standard InChI is InChI=1S/C10H11NO2/c12-6-5-9-7-8-3-1-2-4-10(8)13-11-9/h1-4,7,11-12H,5-6H2. The summed E-state index contributed by atoms with van der Waals surface area (Å²) in [6, 6.07) is 7.76. The normalized spacial score (nSPS) is 13.8. The fourth-order valence-corrected chi connectivity index (χ4v) is 1.27. The summed E-state index contributed by atoms with van der Waals surface area (Å²) in [5.74, 6) is 0.823. The van der Waals surface area contributed by atoms with Crippen LogP contribution in [-0.4, -0.2) is 11.7 Å². The number of benzene rings is 1. The minimum Gasteiger partial charge on any atom is -0.396 e. The van der Waals surface area contributed by atoms with Crippen molar-refractivity contribution >= 4 is 6.08 Å². The molecule has 1 aliphatic heterocycles. The highest BCUT2D eigenvalue weighted by atomic mass is 16.6. The molecular weight excluding hydrogens is 166 g/mol. The van der Waals surface area contributed by atoms with Gasteiger partial charge in [-0.25, -0.2) is 5.48 Å². The van der Waals surface area contributed by atoms with E-state index >= 15 is 0 Å². The smallest absolute Gasteiger partial charge is 0.162 e. The molecule has 2 rings (SSSR count). The van der Waals surface area contributed by atoms with Crippen LogP contribution in [0.15, 0.2) is 30.0 Å². The highest BCUT2D eigenvalue weighted by Crippen LogP contribution is 2.23. The summed E-state index contributed by atoms with van der Waals surface area (Å²) in [6.45, 7) is 0.129. The first-order valence-corrected chi connectivity index (χ1v) is 4.23. The van der Waals surface area contributed by atoms with Crippen molar-refractivity contribution < 1.29 is 9.94 Å². The molecule has 1 aromatic carbocycles. The van der Waals surface area contributed by atoms with E-state index in [0.29, 0.717) is 6.42 Å². The predicted molar refractivity (Wildman–Crippen MR) is 49.9 cm³/mol. The van der Waals surface area contributed by atoms with Gasteiger partial charge in [-0.2, -0.15) is 0 Å². The van der Waals surface area contributed by atoms with Gasteiger partial charge in [0, 0.05) is 18.6 Å². The average molecular weight is 177 g/mol. The summed E-state index contributed by atoms with van der Waals surface area (Å²) in [5.41, 5.74) is 4.73. The van der Waals surface area contributed by atoms with Crippen molar-refractivity contribution in [2.75, 3.05) is 6.61 Å². The summed E-state index contributed by atoms with van der Waals surface area (Å²) >= 11 is 0. The first-order valence-electron chi connectivity index (χ1n) is 4.23. The Labute approximate surface area is 76.6 Å². The highest BCUT2D eigenvalue weighted by Gasteiger charge is 2.08. The molecule has 3 nitrogen and oxygen atoms in total. The van der Waals surface area contributed by atoms with Gasteiger partial charge in [0.2, 0.25) is 0 Å². The molecule has 0 radical (unpaired) electrons. The van der Waals surface area contributed by atoms with Gasteiger partial charge in [-0.05, 0) is 12.1 Å². The van der Waals surface area contributed by atoms with Crippen LogP contribution < -0.4 is 10.3 Å². The highest BCUT2D eigenvalue weighted by molar-refractivity contribution is 5.60. The van der Waals surface area contributed by atoms with Crippen LogP contribution in [0.1, 0.15) is 12.0 Å². The molecule has 0 spiro atoms. The lowest BCUT2D eigenvalue weighted by molar-refractivity contribution is 0.209. The van der Waals surface area contributed by atoms with Gasteiger partial charge < -0.3 is 9.94 Å². The first kappa shape index (κ1) is 8.13. The van der Waals surface area contributed by atoms with Gasteiger partial charge in [-0.1, -0.05) is 18.2 Å². The van der Waals surface area contributed by atoms with E-state index < -0.39 is 0 Å². The van der Waals surface area contributed by atoms with Crippen LogP contribution in [0.3, 0.4) is 0 Å². The predicted octanol–water partition coefficient (Wildman–Crippen LogP) is 1.31. The minimum atomic E-state index is 0.129. The van der Waals surface area contributed by atoms with Gasteiger partial charge in [0.25, 0.3) is 0 Å². The van der Waals surface area contributed by atoms with Crippen molar-refractivity contribution in [3.8, 4) is 5.75 Å². The lowest BCUT2D eigenvalue weighted by Crippen LogP contribution is -2.22. The number of hydrogen-bond donors (Lipinski definition) is 2. The Morgan fingerprint density at radius 3 is 3.00 bits per heavy atom. The van der Waals surface area contributed by atoms with Crippen molar-refractivity contribution in [3.63, 3.8) is 0 Å². The van der Waals surface area contributed by atoms with Gasteiger partial charge in [0.1, 0.15) is 0 Å². The number of aliphatic hydroxyl groups is 1. The lowest BCUT2D eigenvalue weighted by atomic mass is 10.1. The van der Waals surface area contributed by atoms with E-state index in [9.17, 15) is 0 Å². The van der Waals surface area contributed by atoms with E-state index in [1.807, 2.05) is 30.3 Å². The number of aliphatic hydroxyl groups excluding tert-OH is 1. The molecule has 0 aromatic heterocycles. The number of para-hydroxylation sites is 1. The van der Waals surface area contributed by atoms with E-state index in [1.165, 1.54) is 0 Å². The molecule has 0 aliphatic carbocycles. The van der Waals surface area contributed by atoms with Gasteiger partial charge in [-0.3, -0.25) is 0 Å². The van der Waals surface area contributed by atoms with Crippen molar-refractivity contribution in [3.05, 3.63) is 35.5 Å². The van der Waals surface area contributed by atoms with Gasteiger partial charge >= 0.3 is 0 Å². The molecule has 3 heteroatoms. The van der Waals surface area contributed by atoms with Crippen LogP contribution in [0.4, 0.5) is 0 Å². The largest absolute Gasteiger partial charge is 0.396 e. The molecule has 68 valence electrons. The molecule has 0 fully saturated rings. The van der Waals surface area contributed by atoms with Crippen LogP contribution >= 0.6 is 0 Å². The molecule has 1 heterocycles. The van der Waals surface area contributed by atoms with Gasteiger partial charge in [0.15, 0.2) is 5.75 Å². The van der Waals surface area contributed by atoms with Crippen molar-refractivity contribution in [2.24, 2.45) is 0 Å². The van der Waals surface area contributed by atoms with Gasteiger partial charge in [-0.15, -0.1) is 0 Å². The maximum Gasteiger partial charge on any atom is 0.162 e. The van der Waals surface area contributed by atoms with Crippen LogP contribution in [-0.2, 0) is 0 Å². The zero-order valence-corrected chi connectivity index (χ0v) is 7.16. The van der Waals surface area contributed by atoms with Crippen LogP contribution in [0, 0.1) is 0 Å². The van der Waals surface area contributed by atoms with E-state index in [4.69, 9.17) is 9.94 Å². The number of hydroxylamine groups is 1. The summed E-state index contributed by atoms with van der Waals surface area (Å²) in [4.78, 5) is 5.26. The summed E-state index contributed by atoms with van der Waals surface area (Å²) in [5, 5.41) is 8.73. The first-order chi connectivity index (χ1) is 6.40. The van der Waals surface area contributed by atoms with Crippen LogP contribution in [0.2, 0.25) is 0 Å². The monoisotopic (exact) mass is 177 g/mol. The Bertz CT molecular complexity index is 333. The van der Waals surface area contributed by atoms with Gasteiger partial charge in [0.05, 0.1) is 5.70 Å². The molecule has 1 aliphatic rings. The zero-order chi connectivity index (χ0) is 9.10. The second-order valence-electron chi connectivity index (χ2n) is 2.89. The van der Waals surface area contributed by atoms with E-state index in [1.54, 1.807) is 0 Å². The number of rotatable bonds is 2. The van der Waals surface area contributed by atoms with Crippen molar-refractivity contribution in [1.82, 2.24) is 5.48 Å². The zero-order valence-electron chi connectivity index (χ0n) is 7.16. The lowest BCUT2D eigenvalue weighted by Gasteiger charge is -2.17. The molecular formula is C10H11NO2. The summed E-state index contributed by atoms with van der Waals surface area (Å²) < 4.78 is 0. The molecule has 0 bridgehead atoms. The van der Waals surface area contributed by atoms with E-state index in [-0.39, 0.29) is 6.61 Å². The second-order valence-corrected chi connectivity index (χ2v) is 2.89. The maximum absolute atomic E-state index is 8.73. The van der Waals surface area contributed by atoms with Crippen LogP contribution in [0.5, 0.6) is 5.75 Å². The minimum absolute atomic E-state index is 0.129. The second kappa shape index (κ2) is 3.49. The molecule has 1 aromatic rings. The number of nitrogens with one attached hydrogen (secondary N) is 1. The van der Waals surface area contributed by atoms with Crippen molar-refractivity contribution in [1.29, 1.82) is 0 Å². The number of fused-ring (bicyclic) bond motifs is 1. The van der Waals surface area contributed by atoms with Crippen LogP contribution in [0.25, 0.3) is 6.08 Å². The topological polar surface area (TPSA) is 41.5 Å². The van der Waals surface area contributed by atoms with E-state index in [2.05, 4.69) is 5.48 Å². The molecule has 0 amide bonds. The Morgan fingerprint density at radius 1 is 1.31 bits per heavy atom. The fourth-order valence-electron chi connectivity index (χ4n) is 1.27. The molecule has 13 heavy (non-hydrogen) atoms. The van der Waals surface area contributed by atoms with E-state index in [0.717, 1.165) is 17.0 Å². The third-order valence-corrected chi connectivity index (χ3v) is 1.92. The average Bonchev–Trinajstić information content (AvgIpc) is 2.18. The molecule has 0 saturated carbocycles. The Balaban J connectivity index is 2.28. The summed E-state index contributed by atoms with van der Waals surface area (Å²) in [6.07, 6.45) is 2.57. The Hall–Kier alpha value is -1.48.